The number of hydrogen-bond donors (Lipinski definition) is 2. The van der Waals surface area contributed by atoms with Crippen LogP contribution in [0.25, 0.3) is 0 Å². The second kappa shape index (κ2) is 8.75. The quantitative estimate of drug-likeness (QED) is 0.755. The molecule has 3 rings (SSSR count). The fraction of sp³-hybridized carbons (Fsp3) is 0.200. The Labute approximate surface area is 170 Å². The Hall–Kier alpha value is -3.38. The third-order valence-electron chi connectivity index (χ3n) is 4.32. The third kappa shape index (κ3) is 4.55. The molecule has 9 heteroatoms. The maximum atomic E-state index is 13.1. The van der Waals surface area contributed by atoms with E-state index in [2.05, 4.69) is 16.4 Å². The molecule has 1 aliphatic rings. The van der Waals surface area contributed by atoms with Crippen molar-refractivity contribution >= 4 is 35.0 Å². The number of nitrogens with one attached hydrogen (secondary N) is 1. The smallest absolute Gasteiger partial charge is 0.234 e. The number of nitrogens with two attached hydrogens (primary N) is 1. The second-order valence-corrected chi connectivity index (χ2v) is 7.27. The molecule has 0 aliphatic carbocycles. The van der Waals surface area contributed by atoms with Crippen LogP contribution in [0.2, 0.25) is 0 Å². The zero-order chi connectivity index (χ0) is 21.0. The number of nitriles is 1. The lowest BCUT2D eigenvalue weighted by atomic mass is 9.79. The first-order valence-corrected chi connectivity index (χ1v) is 9.59. The number of carbonyl (C=O) groups is 2. The number of carbonyl (C=O) groups excluding carboxylic acids is 2. The molecule has 1 aromatic heterocycles. The Kier molecular flexibility index (Phi) is 6.14. The number of primary amides is 1. The van der Waals surface area contributed by atoms with Crippen LogP contribution in [0, 0.1) is 23.1 Å². The first-order valence-electron chi connectivity index (χ1n) is 8.61. The van der Waals surface area contributed by atoms with Gasteiger partial charge < -0.3 is 15.5 Å². The highest BCUT2D eigenvalue weighted by Crippen LogP contribution is 2.42. The van der Waals surface area contributed by atoms with E-state index in [9.17, 15) is 19.2 Å². The molecule has 2 amide bonds. The Bertz CT molecular complexity index is 1020. The van der Waals surface area contributed by atoms with Gasteiger partial charge in [0.25, 0.3) is 0 Å². The molecule has 0 radical (unpaired) electrons. The molecule has 1 unspecified atom stereocenters. The van der Waals surface area contributed by atoms with E-state index in [1.807, 2.05) is 0 Å². The summed E-state index contributed by atoms with van der Waals surface area (Å²) in [6.07, 6.45) is 1.45. The van der Waals surface area contributed by atoms with Gasteiger partial charge in [-0.2, -0.15) is 5.26 Å². The maximum Gasteiger partial charge on any atom is 0.234 e. The highest BCUT2D eigenvalue weighted by atomic mass is 32.2. The van der Waals surface area contributed by atoms with Gasteiger partial charge in [0, 0.05) is 11.4 Å². The summed E-state index contributed by atoms with van der Waals surface area (Å²) in [6.45, 7) is 1.67. The zero-order valence-electron chi connectivity index (χ0n) is 15.4. The molecule has 148 valence electrons. The summed E-state index contributed by atoms with van der Waals surface area (Å²) in [5, 5.41) is 12.8. The minimum absolute atomic E-state index is 0.0470. The second-order valence-electron chi connectivity index (χ2n) is 6.31. The fourth-order valence-corrected chi connectivity index (χ4v) is 3.88. The van der Waals surface area contributed by atoms with Crippen LogP contribution in [0.15, 0.2) is 62.7 Å². The monoisotopic (exact) mass is 412 g/mol. The molecule has 0 bridgehead atoms. The minimum atomic E-state index is -0.821. The summed E-state index contributed by atoms with van der Waals surface area (Å²) in [6, 6.07) is 10.8. The molecule has 2 aromatic rings. The lowest BCUT2D eigenvalue weighted by Crippen LogP contribution is -2.36. The van der Waals surface area contributed by atoms with Crippen molar-refractivity contribution in [2.45, 2.75) is 12.8 Å². The van der Waals surface area contributed by atoms with Crippen LogP contribution in [0.3, 0.4) is 0 Å². The standard InChI is InChI=1S/C20H17FN4O3S/c1-11-17(19(27)25-13-6-4-12(21)5-7-13)18(15-3-2-8-28-15)14(9-22)20(24-11)29-10-16(23)26/h2-8,17-18H,10H2,1H3,(H2,23,26)(H,25,27)/t17?,18-/m0/s1. The lowest BCUT2D eigenvalue weighted by molar-refractivity contribution is -0.118. The highest BCUT2D eigenvalue weighted by Gasteiger charge is 2.41. The van der Waals surface area contributed by atoms with Crippen molar-refractivity contribution in [3.05, 3.63) is 64.8 Å². The average molecular weight is 412 g/mol. The molecule has 7 nitrogen and oxygen atoms in total. The number of benzene rings is 1. The van der Waals surface area contributed by atoms with E-state index in [-0.39, 0.29) is 11.3 Å². The Morgan fingerprint density at radius 3 is 2.66 bits per heavy atom. The fourth-order valence-electron chi connectivity index (χ4n) is 3.07. The average Bonchev–Trinajstić information content (AvgIpc) is 3.21. The van der Waals surface area contributed by atoms with Crippen molar-refractivity contribution < 1.29 is 18.4 Å². The zero-order valence-corrected chi connectivity index (χ0v) is 16.2. The minimum Gasteiger partial charge on any atom is -0.469 e. The number of furan rings is 1. The van der Waals surface area contributed by atoms with Gasteiger partial charge in [0.05, 0.1) is 35.5 Å². The van der Waals surface area contributed by atoms with Crippen molar-refractivity contribution in [3.8, 4) is 6.07 Å². The van der Waals surface area contributed by atoms with Crippen molar-refractivity contribution in [2.75, 3.05) is 11.1 Å². The van der Waals surface area contributed by atoms with E-state index in [4.69, 9.17) is 10.2 Å². The molecule has 2 heterocycles. The van der Waals surface area contributed by atoms with E-state index in [0.29, 0.717) is 22.2 Å². The molecule has 0 saturated heterocycles. The molecule has 3 N–H and O–H groups in total. The van der Waals surface area contributed by atoms with Crippen molar-refractivity contribution in [1.29, 1.82) is 5.26 Å². The molecule has 0 spiro atoms. The van der Waals surface area contributed by atoms with Gasteiger partial charge in [-0.15, -0.1) is 0 Å². The number of anilines is 1. The van der Waals surface area contributed by atoms with Gasteiger partial charge in [-0.25, -0.2) is 9.38 Å². The summed E-state index contributed by atoms with van der Waals surface area (Å²) in [5.74, 6) is -2.54. The van der Waals surface area contributed by atoms with Gasteiger partial charge in [0.2, 0.25) is 11.8 Å². The predicted octanol–water partition coefficient (Wildman–Crippen LogP) is 3.19. The van der Waals surface area contributed by atoms with Gasteiger partial charge in [-0.1, -0.05) is 11.8 Å². The van der Waals surface area contributed by atoms with E-state index in [1.54, 1.807) is 19.1 Å². The van der Waals surface area contributed by atoms with Gasteiger partial charge in [-0.05, 0) is 43.3 Å². The first kappa shape index (κ1) is 20.4. The number of nitrogens with zero attached hydrogens (tertiary/aromatic N) is 2. The molecular weight excluding hydrogens is 395 g/mol. The van der Waals surface area contributed by atoms with Gasteiger partial charge >= 0.3 is 0 Å². The number of hydrogen-bond acceptors (Lipinski definition) is 6. The number of amides is 2. The van der Waals surface area contributed by atoms with Crippen LogP contribution in [0.1, 0.15) is 18.6 Å². The van der Waals surface area contributed by atoms with Crippen molar-refractivity contribution in [1.82, 2.24) is 0 Å². The Morgan fingerprint density at radius 1 is 1.34 bits per heavy atom. The van der Waals surface area contributed by atoms with E-state index in [1.165, 1.54) is 30.5 Å². The summed E-state index contributed by atoms with van der Waals surface area (Å²) in [4.78, 5) is 28.6. The van der Waals surface area contributed by atoms with Crippen molar-refractivity contribution in [3.63, 3.8) is 0 Å². The maximum absolute atomic E-state index is 13.1. The van der Waals surface area contributed by atoms with Crippen LogP contribution in [-0.4, -0.2) is 23.3 Å². The number of aliphatic imine (C=N–C) groups is 1. The molecular formula is C20H17FN4O3S. The summed E-state index contributed by atoms with van der Waals surface area (Å²) < 4.78 is 18.6. The number of rotatable bonds is 6. The summed E-state index contributed by atoms with van der Waals surface area (Å²) in [5.41, 5.74) is 6.30. The number of thioether (sulfide) groups is 1. The van der Waals surface area contributed by atoms with Crippen LogP contribution in [-0.2, 0) is 9.59 Å². The highest BCUT2D eigenvalue weighted by molar-refractivity contribution is 8.03. The lowest BCUT2D eigenvalue weighted by Gasteiger charge is -2.29. The van der Waals surface area contributed by atoms with E-state index in [0.717, 1.165) is 11.8 Å². The number of halogens is 1. The van der Waals surface area contributed by atoms with Gasteiger partial charge in [0.1, 0.15) is 16.6 Å². The molecule has 1 aliphatic heterocycles. The van der Waals surface area contributed by atoms with Gasteiger partial charge in [-0.3, -0.25) is 9.59 Å². The number of allylic oxidation sites excluding steroid dienone is 1. The normalized spacial score (nSPS) is 18.7. The molecule has 29 heavy (non-hydrogen) atoms. The van der Waals surface area contributed by atoms with Crippen LogP contribution in [0.5, 0.6) is 0 Å². The first-order chi connectivity index (χ1) is 13.9. The topological polar surface area (TPSA) is 121 Å². The molecule has 2 atom stereocenters. The summed E-state index contributed by atoms with van der Waals surface area (Å²) in [7, 11) is 0. The van der Waals surface area contributed by atoms with Gasteiger partial charge in [0.15, 0.2) is 0 Å². The van der Waals surface area contributed by atoms with E-state index < -0.39 is 29.5 Å². The van der Waals surface area contributed by atoms with Crippen LogP contribution < -0.4 is 11.1 Å². The van der Waals surface area contributed by atoms with E-state index >= 15 is 0 Å². The van der Waals surface area contributed by atoms with Crippen molar-refractivity contribution in [2.24, 2.45) is 16.6 Å². The third-order valence-corrected chi connectivity index (χ3v) is 5.33. The predicted molar refractivity (Wildman–Crippen MR) is 107 cm³/mol. The molecule has 0 fully saturated rings. The SMILES string of the molecule is CC1=NC(SCC(N)=O)=C(C#N)[C@@H](c2ccco2)C1C(=O)Nc1ccc(F)cc1. The molecule has 0 saturated carbocycles. The van der Waals surface area contributed by atoms with Crippen LogP contribution >= 0.6 is 11.8 Å². The van der Waals surface area contributed by atoms with Crippen LogP contribution in [0.4, 0.5) is 10.1 Å². The Morgan fingerprint density at radius 2 is 2.07 bits per heavy atom. The Balaban J connectivity index is 1.98. The molecule has 1 aromatic carbocycles. The largest absolute Gasteiger partial charge is 0.469 e. The summed E-state index contributed by atoms with van der Waals surface area (Å²) >= 11 is 1.04.